The summed E-state index contributed by atoms with van der Waals surface area (Å²) in [5.74, 6) is 0.961. The molecular weight excluding hydrogens is 260 g/mol. The summed E-state index contributed by atoms with van der Waals surface area (Å²) in [6.45, 7) is 2.95. The highest BCUT2D eigenvalue weighted by atomic mass is 15.2. The Bertz CT molecular complexity index is 524. The zero-order chi connectivity index (χ0) is 15.1. The Morgan fingerprint density at radius 2 is 1.81 bits per heavy atom. The Hall–Kier alpha value is -1.91. The van der Waals surface area contributed by atoms with Crippen molar-refractivity contribution in [1.29, 1.82) is 0 Å². The molecule has 0 spiro atoms. The number of aromatic nitrogens is 1. The Kier molecular flexibility index (Phi) is 5.72. The third kappa shape index (κ3) is 4.55. The first-order valence-electron chi connectivity index (χ1n) is 7.27. The highest BCUT2D eigenvalue weighted by molar-refractivity contribution is 5.58. The molecule has 2 rings (SSSR count). The van der Waals surface area contributed by atoms with Crippen molar-refractivity contribution in [1.82, 2.24) is 15.2 Å². The fourth-order valence-corrected chi connectivity index (χ4v) is 2.19. The van der Waals surface area contributed by atoms with Gasteiger partial charge in [-0.3, -0.25) is 0 Å². The highest BCUT2D eigenvalue weighted by Gasteiger charge is 2.05. The lowest BCUT2D eigenvalue weighted by Gasteiger charge is -2.19. The van der Waals surface area contributed by atoms with Crippen molar-refractivity contribution in [3.05, 3.63) is 54.2 Å². The average Bonchev–Trinajstić information content (AvgIpc) is 2.54. The van der Waals surface area contributed by atoms with Crippen molar-refractivity contribution in [2.45, 2.75) is 6.54 Å². The SMILES string of the molecule is CNCCN(C)Cc1ccc(N(C)c2ccccc2)nc1. The van der Waals surface area contributed by atoms with Crippen LogP contribution < -0.4 is 10.2 Å². The van der Waals surface area contributed by atoms with Crippen molar-refractivity contribution in [3.63, 3.8) is 0 Å². The minimum atomic E-state index is 0.921. The predicted octanol–water partition coefficient (Wildman–Crippen LogP) is 2.50. The van der Waals surface area contributed by atoms with Crippen LogP contribution in [0.2, 0.25) is 0 Å². The van der Waals surface area contributed by atoms with Gasteiger partial charge in [-0.25, -0.2) is 4.98 Å². The number of nitrogens with one attached hydrogen (secondary N) is 1. The Balaban J connectivity index is 1.98. The van der Waals surface area contributed by atoms with E-state index in [4.69, 9.17) is 0 Å². The molecule has 0 radical (unpaired) electrons. The van der Waals surface area contributed by atoms with Gasteiger partial charge >= 0.3 is 0 Å². The van der Waals surface area contributed by atoms with E-state index in [0.717, 1.165) is 31.1 Å². The third-order valence-corrected chi connectivity index (χ3v) is 3.49. The van der Waals surface area contributed by atoms with Crippen LogP contribution in [-0.4, -0.2) is 44.1 Å². The number of benzene rings is 1. The summed E-state index contributed by atoms with van der Waals surface area (Å²) in [7, 11) is 6.14. The van der Waals surface area contributed by atoms with Gasteiger partial charge in [-0.05, 0) is 37.9 Å². The number of nitrogens with zero attached hydrogens (tertiary/aromatic N) is 3. The van der Waals surface area contributed by atoms with E-state index in [9.17, 15) is 0 Å². The zero-order valence-corrected chi connectivity index (χ0v) is 13.1. The summed E-state index contributed by atoms with van der Waals surface area (Å²) in [4.78, 5) is 8.95. The molecular formula is C17H24N4. The van der Waals surface area contributed by atoms with Crippen LogP contribution in [0.15, 0.2) is 48.7 Å². The third-order valence-electron chi connectivity index (χ3n) is 3.49. The Labute approximate surface area is 127 Å². The molecule has 0 atom stereocenters. The molecule has 1 heterocycles. The van der Waals surface area contributed by atoms with Gasteiger partial charge in [0.05, 0.1) is 0 Å². The summed E-state index contributed by atoms with van der Waals surface area (Å²) < 4.78 is 0. The molecule has 0 aliphatic heterocycles. The van der Waals surface area contributed by atoms with E-state index in [2.05, 4.69) is 51.4 Å². The van der Waals surface area contributed by atoms with E-state index < -0.39 is 0 Å². The molecule has 112 valence electrons. The van der Waals surface area contributed by atoms with Crippen LogP contribution in [0.3, 0.4) is 0 Å². The van der Waals surface area contributed by atoms with Crippen LogP contribution in [-0.2, 0) is 6.54 Å². The van der Waals surface area contributed by atoms with Gasteiger partial charge in [-0.2, -0.15) is 0 Å². The zero-order valence-electron chi connectivity index (χ0n) is 13.1. The second-order valence-corrected chi connectivity index (χ2v) is 5.26. The molecule has 0 aliphatic rings. The lowest BCUT2D eigenvalue weighted by atomic mass is 10.2. The minimum absolute atomic E-state index is 0.921. The van der Waals surface area contributed by atoms with E-state index in [0.29, 0.717) is 0 Å². The fourth-order valence-electron chi connectivity index (χ4n) is 2.19. The standard InChI is InChI=1S/C17H24N4/c1-18-11-12-20(2)14-15-9-10-17(19-13-15)21(3)16-7-5-4-6-8-16/h4-10,13,18H,11-12,14H2,1-3H3. The topological polar surface area (TPSA) is 31.4 Å². The normalized spacial score (nSPS) is 10.9. The maximum atomic E-state index is 4.57. The number of para-hydroxylation sites is 1. The second kappa shape index (κ2) is 7.76. The quantitative estimate of drug-likeness (QED) is 0.846. The summed E-state index contributed by atoms with van der Waals surface area (Å²) in [6.07, 6.45) is 1.96. The minimum Gasteiger partial charge on any atom is -0.329 e. The molecule has 0 saturated heterocycles. The van der Waals surface area contributed by atoms with Crippen LogP contribution in [0, 0.1) is 0 Å². The van der Waals surface area contributed by atoms with Crippen LogP contribution >= 0.6 is 0 Å². The number of hydrogen-bond donors (Lipinski definition) is 1. The van der Waals surface area contributed by atoms with Gasteiger partial charge in [0, 0.05) is 38.6 Å². The number of likely N-dealkylation sites (N-methyl/N-ethyl adjacent to an activating group) is 2. The van der Waals surface area contributed by atoms with Crippen molar-refractivity contribution in [2.75, 3.05) is 39.1 Å². The number of hydrogen-bond acceptors (Lipinski definition) is 4. The number of pyridine rings is 1. The van der Waals surface area contributed by atoms with E-state index in [1.54, 1.807) is 0 Å². The van der Waals surface area contributed by atoms with E-state index in [1.807, 2.05) is 38.5 Å². The van der Waals surface area contributed by atoms with Crippen LogP contribution in [0.25, 0.3) is 0 Å². The van der Waals surface area contributed by atoms with Crippen LogP contribution in [0.1, 0.15) is 5.56 Å². The Morgan fingerprint density at radius 3 is 2.43 bits per heavy atom. The molecule has 0 fully saturated rings. The second-order valence-electron chi connectivity index (χ2n) is 5.26. The highest BCUT2D eigenvalue weighted by Crippen LogP contribution is 2.21. The molecule has 0 bridgehead atoms. The van der Waals surface area contributed by atoms with Gasteiger partial charge in [-0.15, -0.1) is 0 Å². The lowest BCUT2D eigenvalue weighted by Crippen LogP contribution is -2.27. The molecule has 2 aromatic rings. The van der Waals surface area contributed by atoms with E-state index in [1.165, 1.54) is 5.56 Å². The lowest BCUT2D eigenvalue weighted by molar-refractivity contribution is 0.328. The van der Waals surface area contributed by atoms with E-state index >= 15 is 0 Å². The fraction of sp³-hybridized carbons (Fsp3) is 0.353. The van der Waals surface area contributed by atoms with Gasteiger partial charge in [0.2, 0.25) is 0 Å². The van der Waals surface area contributed by atoms with Gasteiger partial charge in [-0.1, -0.05) is 24.3 Å². The summed E-state index contributed by atoms with van der Waals surface area (Å²) >= 11 is 0. The van der Waals surface area contributed by atoms with Crippen molar-refractivity contribution in [3.8, 4) is 0 Å². The number of rotatable bonds is 7. The smallest absolute Gasteiger partial charge is 0.132 e. The van der Waals surface area contributed by atoms with Gasteiger partial charge in [0.25, 0.3) is 0 Å². The maximum Gasteiger partial charge on any atom is 0.132 e. The predicted molar refractivity (Wildman–Crippen MR) is 89.0 cm³/mol. The van der Waals surface area contributed by atoms with Gasteiger partial charge in [0.1, 0.15) is 5.82 Å². The van der Waals surface area contributed by atoms with Crippen molar-refractivity contribution >= 4 is 11.5 Å². The first-order chi connectivity index (χ1) is 10.2. The first-order valence-corrected chi connectivity index (χ1v) is 7.27. The summed E-state index contributed by atoms with van der Waals surface area (Å²) in [5.41, 5.74) is 2.38. The Morgan fingerprint density at radius 1 is 1.05 bits per heavy atom. The largest absolute Gasteiger partial charge is 0.329 e. The molecule has 4 nitrogen and oxygen atoms in total. The summed E-state index contributed by atoms with van der Waals surface area (Å²) in [5, 5.41) is 3.16. The molecule has 0 unspecified atom stereocenters. The maximum absolute atomic E-state index is 4.57. The van der Waals surface area contributed by atoms with Crippen LogP contribution in [0.4, 0.5) is 11.5 Å². The van der Waals surface area contributed by atoms with Crippen molar-refractivity contribution < 1.29 is 0 Å². The average molecular weight is 284 g/mol. The number of anilines is 2. The summed E-state index contributed by atoms with van der Waals surface area (Å²) in [6, 6.07) is 14.5. The molecule has 4 heteroatoms. The molecule has 1 aromatic heterocycles. The van der Waals surface area contributed by atoms with Gasteiger partial charge < -0.3 is 15.1 Å². The molecule has 0 aliphatic carbocycles. The molecule has 1 N–H and O–H groups in total. The van der Waals surface area contributed by atoms with Crippen LogP contribution in [0.5, 0.6) is 0 Å². The molecule has 21 heavy (non-hydrogen) atoms. The molecule has 0 amide bonds. The monoisotopic (exact) mass is 284 g/mol. The molecule has 0 saturated carbocycles. The first kappa shape index (κ1) is 15.5. The molecule has 1 aromatic carbocycles. The van der Waals surface area contributed by atoms with E-state index in [-0.39, 0.29) is 0 Å². The van der Waals surface area contributed by atoms with Crippen molar-refractivity contribution in [2.24, 2.45) is 0 Å². The van der Waals surface area contributed by atoms with Gasteiger partial charge in [0.15, 0.2) is 0 Å².